The van der Waals surface area contributed by atoms with Gasteiger partial charge in [-0.3, -0.25) is 9.69 Å². The fourth-order valence-corrected chi connectivity index (χ4v) is 5.27. The van der Waals surface area contributed by atoms with Gasteiger partial charge in [0.25, 0.3) is 5.91 Å². The van der Waals surface area contributed by atoms with Crippen molar-refractivity contribution in [3.63, 3.8) is 0 Å². The Morgan fingerprint density at radius 1 is 1.29 bits per heavy atom. The van der Waals surface area contributed by atoms with E-state index in [-0.39, 0.29) is 11.4 Å². The van der Waals surface area contributed by atoms with Gasteiger partial charge in [-0.05, 0) is 33.1 Å². The van der Waals surface area contributed by atoms with Gasteiger partial charge in [-0.2, -0.15) is 0 Å². The van der Waals surface area contributed by atoms with E-state index in [0.29, 0.717) is 5.69 Å². The van der Waals surface area contributed by atoms with Gasteiger partial charge in [0, 0.05) is 48.2 Å². The third-order valence-corrected chi connectivity index (χ3v) is 6.89. The van der Waals surface area contributed by atoms with Crippen molar-refractivity contribution >= 4 is 28.6 Å². The number of amides is 1. The summed E-state index contributed by atoms with van der Waals surface area (Å²) in [6.07, 6.45) is 5.44. The molecule has 2 aliphatic heterocycles. The van der Waals surface area contributed by atoms with Gasteiger partial charge >= 0.3 is 0 Å². The van der Waals surface area contributed by atoms with Crippen molar-refractivity contribution in [1.29, 1.82) is 0 Å². The smallest absolute Gasteiger partial charge is 0.273 e. The summed E-state index contributed by atoms with van der Waals surface area (Å²) in [5, 5.41) is 3.97. The molecule has 0 radical (unpaired) electrons. The fraction of sp³-hybridized carbons (Fsp3) is 0.588. The summed E-state index contributed by atoms with van der Waals surface area (Å²) in [5.74, 6) is 0.0962. The molecule has 24 heavy (non-hydrogen) atoms. The summed E-state index contributed by atoms with van der Waals surface area (Å²) in [5.41, 5.74) is 0.773. The number of likely N-dealkylation sites (tertiary alicyclic amines) is 2. The topological polar surface area (TPSA) is 49.3 Å². The lowest BCUT2D eigenvalue weighted by molar-refractivity contribution is -0.0644. The van der Waals surface area contributed by atoms with Crippen molar-refractivity contribution in [3.05, 3.63) is 32.2 Å². The lowest BCUT2D eigenvalue weighted by atomic mass is 9.77. The molecule has 2 fully saturated rings. The highest BCUT2D eigenvalue weighted by Crippen LogP contribution is 2.40. The molecule has 4 rings (SSSR count). The second-order valence-corrected chi connectivity index (χ2v) is 9.21. The second kappa shape index (κ2) is 6.20. The molecule has 0 aliphatic carbocycles. The van der Waals surface area contributed by atoms with Gasteiger partial charge in [0.15, 0.2) is 0 Å². The summed E-state index contributed by atoms with van der Waals surface area (Å²) in [4.78, 5) is 27.4. The van der Waals surface area contributed by atoms with Crippen molar-refractivity contribution in [3.8, 4) is 0 Å². The molecule has 0 N–H and O–H groups in total. The Morgan fingerprint density at radius 2 is 2.17 bits per heavy atom. The Labute approximate surface area is 150 Å². The van der Waals surface area contributed by atoms with E-state index >= 15 is 0 Å². The average Bonchev–Trinajstić information content (AvgIpc) is 3.19. The van der Waals surface area contributed by atoms with Crippen molar-refractivity contribution in [2.24, 2.45) is 0 Å². The highest BCUT2D eigenvalue weighted by atomic mass is 32.1. The zero-order valence-corrected chi connectivity index (χ0v) is 15.8. The van der Waals surface area contributed by atoms with Crippen molar-refractivity contribution < 1.29 is 4.79 Å². The third-order valence-electron chi connectivity index (χ3n) is 5.21. The zero-order valence-electron chi connectivity index (χ0n) is 14.1. The Kier molecular flexibility index (Phi) is 4.18. The summed E-state index contributed by atoms with van der Waals surface area (Å²) in [6, 6.07) is 0. The highest BCUT2D eigenvalue weighted by molar-refractivity contribution is 7.11. The number of rotatable bonds is 3. The van der Waals surface area contributed by atoms with Crippen LogP contribution in [0.25, 0.3) is 0 Å². The first-order valence-electron chi connectivity index (χ1n) is 8.43. The predicted octanol–water partition coefficient (Wildman–Crippen LogP) is 3.10. The SMILES string of the molecule is Cc1nc(C(=O)N2CCCC3(CCN3Cc3cnc(C)s3)C2)cs1. The van der Waals surface area contributed by atoms with Gasteiger partial charge in [-0.1, -0.05) is 0 Å². The van der Waals surface area contributed by atoms with Crippen molar-refractivity contribution in [1.82, 2.24) is 19.8 Å². The largest absolute Gasteiger partial charge is 0.335 e. The first-order chi connectivity index (χ1) is 11.6. The minimum Gasteiger partial charge on any atom is -0.335 e. The second-order valence-electron chi connectivity index (χ2n) is 6.82. The molecule has 2 aliphatic rings. The van der Waals surface area contributed by atoms with E-state index in [0.717, 1.165) is 42.6 Å². The third kappa shape index (κ3) is 2.89. The van der Waals surface area contributed by atoms with Crippen LogP contribution < -0.4 is 0 Å². The molecule has 1 atom stereocenters. The molecule has 1 amide bonds. The van der Waals surface area contributed by atoms with Gasteiger partial charge in [0.05, 0.1) is 10.0 Å². The van der Waals surface area contributed by atoms with Crippen LogP contribution in [0, 0.1) is 13.8 Å². The first-order valence-corrected chi connectivity index (χ1v) is 10.1. The number of aromatic nitrogens is 2. The maximum atomic E-state index is 12.8. The quantitative estimate of drug-likeness (QED) is 0.842. The lowest BCUT2D eigenvalue weighted by Crippen LogP contribution is -2.66. The summed E-state index contributed by atoms with van der Waals surface area (Å²) < 4.78 is 0. The van der Waals surface area contributed by atoms with E-state index < -0.39 is 0 Å². The van der Waals surface area contributed by atoms with Crippen LogP contribution in [0.2, 0.25) is 0 Å². The number of aryl methyl sites for hydroxylation is 2. The molecule has 2 aromatic heterocycles. The molecule has 1 spiro atoms. The average molecular weight is 363 g/mol. The van der Waals surface area contributed by atoms with E-state index in [1.54, 1.807) is 22.7 Å². The number of piperidine rings is 1. The molecule has 0 aromatic carbocycles. The summed E-state index contributed by atoms with van der Waals surface area (Å²) in [6.45, 7) is 7.77. The van der Waals surface area contributed by atoms with Gasteiger partial charge in [0.2, 0.25) is 0 Å². The van der Waals surface area contributed by atoms with E-state index in [4.69, 9.17) is 0 Å². The van der Waals surface area contributed by atoms with Gasteiger partial charge in [-0.15, -0.1) is 22.7 Å². The normalized spacial score (nSPS) is 24.3. The van der Waals surface area contributed by atoms with E-state index in [1.165, 1.54) is 17.7 Å². The molecule has 128 valence electrons. The van der Waals surface area contributed by atoms with Crippen LogP contribution in [0.4, 0.5) is 0 Å². The Balaban J connectivity index is 1.46. The van der Waals surface area contributed by atoms with E-state index in [2.05, 4.69) is 21.8 Å². The number of carbonyl (C=O) groups is 1. The van der Waals surface area contributed by atoms with Crippen LogP contribution in [0.3, 0.4) is 0 Å². The van der Waals surface area contributed by atoms with Crippen LogP contribution in [-0.2, 0) is 6.54 Å². The molecule has 5 nitrogen and oxygen atoms in total. The highest BCUT2D eigenvalue weighted by Gasteiger charge is 2.48. The summed E-state index contributed by atoms with van der Waals surface area (Å²) >= 11 is 3.32. The molecular weight excluding hydrogens is 340 g/mol. The maximum Gasteiger partial charge on any atom is 0.273 e. The minimum absolute atomic E-state index is 0.0962. The molecule has 7 heteroatoms. The minimum atomic E-state index is 0.0962. The number of hydrogen-bond acceptors (Lipinski definition) is 6. The fourth-order valence-electron chi connectivity index (χ4n) is 3.87. The van der Waals surface area contributed by atoms with E-state index in [1.807, 2.05) is 23.4 Å². The van der Waals surface area contributed by atoms with Crippen LogP contribution >= 0.6 is 22.7 Å². The molecule has 1 unspecified atom stereocenters. The molecule has 2 saturated heterocycles. The van der Waals surface area contributed by atoms with Gasteiger partial charge < -0.3 is 4.90 Å². The molecular formula is C17H22N4OS2. The number of nitrogens with zero attached hydrogens (tertiary/aromatic N) is 4. The van der Waals surface area contributed by atoms with Crippen molar-refractivity contribution in [2.45, 2.75) is 45.2 Å². The van der Waals surface area contributed by atoms with Crippen LogP contribution in [0.1, 0.15) is 44.6 Å². The van der Waals surface area contributed by atoms with E-state index in [9.17, 15) is 4.79 Å². The Hall–Kier alpha value is -1.31. The van der Waals surface area contributed by atoms with Gasteiger partial charge in [0.1, 0.15) is 5.69 Å². The summed E-state index contributed by atoms with van der Waals surface area (Å²) in [7, 11) is 0. The Bertz CT molecular complexity index is 755. The van der Waals surface area contributed by atoms with Crippen LogP contribution in [-0.4, -0.2) is 50.8 Å². The Morgan fingerprint density at radius 3 is 2.79 bits per heavy atom. The number of thiazole rings is 2. The van der Waals surface area contributed by atoms with Gasteiger partial charge in [-0.25, -0.2) is 9.97 Å². The number of hydrogen-bond donors (Lipinski definition) is 0. The van der Waals surface area contributed by atoms with Crippen LogP contribution in [0.5, 0.6) is 0 Å². The lowest BCUT2D eigenvalue weighted by Gasteiger charge is -2.57. The molecule has 0 saturated carbocycles. The van der Waals surface area contributed by atoms with Crippen LogP contribution in [0.15, 0.2) is 11.6 Å². The zero-order chi connectivity index (χ0) is 16.7. The monoisotopic (exact) mass is 362 g/mol. The first kappa shape index (κ1) is 16.2. The number of carbonyl (C=O) groups excluding carboxylic acids is 1. The van der Waals surface area contributed by atoms with Crippen molar-refractivity contribution in [2.75, 3.05) is 19.6 Å². The predicted molar refractivity (Wildman–Crippen MR) is 96.6 cm³/mol. The maximum absolute atomic E-state index is 12.8. The molecule has 2 aromatic rings. The molecule has 0 bridgehead atoms. The molecule has 4 heterocycles. The standard InChI is InChI=1S/C17H22N4OS2/c1-12-18-8-14(24-12)9-21-7-5-17(21)4-3-6-20(11-17)16(22)15-10-23-13(2)19-15/h8,10H,3-7,9,11H2,1-2H3.